The Bertz CT molecular complexity index is 1740. The lowest BCUT2D eigenvalue weighted by Gasteiger charge is -2.13. The Labute approximate surface area is 236 Å². The van der Waals surface area contributed by atoms with Crippen molar-refractivity contribution in [3.8, 4) is 28.2 Å². The molecule has 3 heterocycles. The molecule has 0 spiro atoms. The summed E-state index contributed by atoms with van der Waals surface area (Å²) in [7, 11) is 0. The van der Waals surface area contributed by atoms with Gasteiger partial charge in [0.1, 0.15) is 11.3 Å². The Kier molecular flexibility index (Phi) is 7.92. The fourth-order valence-corrected chi connectivity index (χ4v) is 4.95. The first-order valence-corrected chi connectivity index (χ1v) is 13.5. The molecule has 0 amide bonds. The fraction of sp³-hybridized carbons (Fsp3) is 0.182. The van der Waals surface area contributed by atoms with E-state index in [1.165, 1.54) is 11.1 Å². The Morgan fingerprint density at radius 3 is 2.33 bits per heavy atom. The number of allylic oxidation sites excluding steroid dienone is 1. The van der Waals surface area contributed by atoms with Crippen LogP contribution in [-0.2, 0) is 12.8 Å². The molecular formula is C33H35N7. The van der Waals surface area contributed by atoms with Crippen molar-refractivity contribution in [2.45, 2.75) is 40.5 Å². The summed E-state index contributed by atoms with van der Waals surface area (Å²) in [5.74, 6) is 1.58. The number of rotatable bonds is 6. The molecule has 0 atom stereocenters. The normalized spacial score (nSPS) is 10.8. The minimum atomic E-state index is 0. The van der Waals surface area contributed by atoms with E-state index >= 15 is 0 Å². The topological polar surface area (TPSA) is 85.2 Å². The minimum Gasteiger partial charge on any atom is -0.281 e. The van der Waals surface area contributed by atoms with Crippen molar-refractivity contribution in [3.63, 3.8) is 0 Å². The van der Waals surface area contributed by atoms with Crippen LogP contribution in [0.3, 0.4) is 0 Å². The standard InChI is InChI=1S/C30H27N7.C3H6.H2/c1-4-27-32-28-19(2)16-20(3)31-30(28)37(27)24-13-11-23(12-14-24)26-18-22(17-21-8-6-5-7-9-21)10-15-25(26)29-33-35-36-34-29;1-3-2;/h5-16,18H,4,17H2,1-3H3,(H,33,34,35,36);3H,1H2,2H3;1H. The predicted molar refractivity (Wildman–Crippen MR) is 164 cm³/mol. The lowest BCUT2D eigenvalue weighted by molar-refractivity contribution is 0.881. The average Bonchev–Trinajstić information content (AvgIpc) is 3.63. The maximum Gasteiger partial charge on any atom is 0.205 e. The van der Waals surface area contributed by atoms with Crippen LogP contribution in [0, 0.1) is 13.8 Å². The minimum absolute atomic E-state index is 0. The van der Waals surface area contributed by atoms with Crippen LogP contribution in [0.25, 0.3) is 39.4 Å². The Morgan fingerprint density at radius 2 is 1.65 bits per heavy atom. The zero-order valence-electron chi connectivity index (χ0n) is 23.4. The second kappa shape index (κ2) is 11.9. The lowest BCUT2D eigenvalue weighted by atomic mass is 9.94. The summed E-state index contributed by atoms with van der Waals surface area (Å²) in [5.41, 5.74) is 10.6. The molecule has 40 heavy (non-hydrogen) atoms. The van der Waals surface area contributed by atoms with E-state index in [1.807, 2.05) is 19.9 Å². The first kappa shape index (κ1) is 26.7. The van der Waals surface area contributed by atoms with Gasteiger partial charge in [-0.2, -0.15) is 5.21 Å². The van der Waals surface area contributed by atoms with Crippen molar-refractivity contribution in [2.24, 2.45) is 0 Å². The number of nitrogens with zero attached hydrogens (tertiary/aromatic N) is 6. The van der Waals surface area contributed by atoms with Gasteiger partial charge < -0.3 is 0 Å². The summed E-state index contributed by atoms with van der Waals surface area (Å²) in [6, 6.07) is 27.6. The van der Waals surface area contributed by atoms with Gasteiger partial charge in [-0.05, 0) is 78.4 Å². The molecule has 0 aliphatic rings. The van der Waals surface area contributed by atoms with Crippen LogP contribution in [0.5, 0.6) is 0 Å². The van der Waals surface area contributed by atoms with Crippen LogP contribution in [0.15, 0.2) is 91.5 Å². The number of aryl methyl sites for hydroxylation is 3. The van der Waals surface area contributed by atoms with Gasteiger partial charge in [-0.25, -0.2) is 9.97 Å². The number of hydrogen-bond acceptors (Lipinski definition) is 5. The molecule has 3 aromatic carbocycles. The van der Waals surface area contributed by atoms with E-state index < -0.39 is 0 Å². The van der Waals surface area contributed by atoms with Crippen molar-refractivity contribution in [3.05, 3.63) is 120 Å². The van der Waals surface area contributed by atoms with Gasteiger partial charge >= 0.3 is 0 Å². The molecule has 0 bridgehead atoms. The van der Waals surface area contributed by atoms with Crippen LogP contribution in [0.1, 0.15) is 43.5 Å². The highest BCUT2D eigenvalue weighted by Gasteiger charge is 2.16. The van der Waals surface area contributed by atoms with Gasteiger partial charge in [0.25, 0.3) is 0 Å². The van der Waals surface area contributed by atoms with E-state index in [2.05, 4.69) is 118 Å². The molecule has 0 saturated heterocycles. The third-order valence-electron chi connectivity index (χ3n) is 6.68. The van der Waals surface area contributed by atoms with Crippen molar-refractivity contribution in [1.82, 2.24) is 35.2 Å². The maximum atomic E-state index is 4.90. The summed E-state index contributed by atoms with van der Waals surface area (Å²) in [5, 5.41) is 14.9. The van der Waals surface area contributed by atoms with Crippen LogP contribution in [0.2, 0.25) is 0 Å². The van der Waals surface area contributed by atoms with Crippen LogP contribution >= 0.6 is 0 Å². The van der Waals surface area contributed by atoms with E-state index in [1.54, 1.807) is 6.08 Å². The zero-order chi connectivity index (χ0) is 28.1. The Balaban J connectivity index is 0.000000929. The van der Waals surface area contributed by atoms with Gasteiger partial charge in [0.15, 0.2) is 5.65 Å². The van der Waals surface area contributed by atoms with Crippen LogP contribution < -0.4 is 0 Å². The third-order valence-corrected chi connectivity index (χ3v) is 6.68. The maximum absolute atomic E-state index is 4.90. The van der Waals surface area contributed by atoms with Crippen LogP contribution in [0.4, 0.5) is 0 Å². The van der Waals surface area contributed by atoms with E-state index in [0.717, 1.165) is 63.5 Å². The Hall–Kier alpha value is -4.91. The second-order valence-electron chi connectivity index (χ2n) is 9.70. The van der Waals surface area contributed by atoms with Crippen LogP contribution in [-0.4, -0.2) is 35.2 Å². The molecule has 202 valence electrons. The van der Waals surface area contributed by atoms with Crippen molar-refractivity contribution >= 4 is 11.2 Å². The van der Waals surface area contributed by atoms with Gasteiger partial charge in [-0.3, -0.25) is 4.57 Å². The number of aromatic nitrogens is 7. The van der Waals surface area contributed by atoms with Gasteiger partial charge in [0.05, 0.1) is 0 Å². The zero-order valence-corrected chi connectivity index (χ0v) is 23.4. The average molecular weight is 530 g/mol. The molecule has 0 aliphatic carbocycles. The Morgan fingerprint density at radius 1 is 0.900 bits per heavy atom. The first-order valence-electron chi connectivity index (χ1n) is 13.5. The van der Waals surface area contributed by atoms with Crippen molar-refractivity contribution < 1.29 is 1.43 Å². The molecule has 3 aromatic heterocycles. The highest BCUT2D eigenvalue weighted by Crippen LogP contribution is 2.33. The largest absolute Gasteiger partial charge is 0.281 e. The predicted octanol–water partition coefficient (Wildman–Crippen LogP) is 7.48. The van der Waals surface area contributed by atoms with E-state index in [-0.39, 0.29) is 1.43 Å². The summed E-state index contributed by atoms with van der Waals surface area (Å²) in [4.78, 5) is 9.74. The smallest absolute Gasteiger partial charge is 0.205 e. The molecule has 1 N–H and O–H groups in total. The van der Waals surface area contributed by atoms with E-state index in [4.69, 9.17) is 9.97 Å². The van der Waals surface area contributed by atoms with E-state index in [0.29, 0.717) is 5.82 Å². The molecule has 0 aliphatic heterocycles. The van der Waals surface area contributed by atoms with E-state index in [9.17, 15) is 0 Å². The quantitative estimate of drug-likeness (QED) is 0.226. The van der Waals surface area contributed by atoms with Crippen molar-refractivity contribution in [1.29, 1.82) is 0 Å². The number of fused-ring (bicyclic) bond motifs is 1. The fourth-order valence-electron chi connectivity index (χ4n) is 4.95. The molecule has 6 rings (SSSR count). The number of hydrogen-bond donors (Lipinski definition) is 1. The van der Waals surface area contributed by atoms with Gasteiger partial charge in [-0.15, -0.1) is 16.8 Å². The lowest BCUT2D eigenvalue weighted by Crippen LogP contribution is -2.01. The molecule has 0 unspecified atom stereocenters. The molecule has 0 radical (unpaired) electrons. The molecular weight excluding hydrogens is 494 g/mol. The summed E-state index contributed by atoms with van der Waals surface area (Å²) >= 11 is 0. The number of H-pyrrole nitrogens is 1. The van der Waals surface area contributed by atoms with Crippen molar-refractivity contribution in [2.75, 3.05) is 0 Å². The first-order chi connectivity index (χ1) is 19.5. The van der Waals surface area contributed by atoms with Gasteiger partial charge in [0.2, 0.25) is 5.82 Å². The number of aromatic amines is 1. The number of benzene rings is 3. The molecule has 6 aromatic rings. The molecule has 0 fully saturated rings. The summed E-state index contributed by atoms with van der Waals surface area (Å²) < 4.78 is 2.17. The highest BCUT2D eigenvalue weighted by atomic mass is 15.5. The van der Waals surface area contributed by atoms with Gasteiger partial charge in [0, 0.05) is 24.8 Å². The number of imidazole rings is 1. The number of pyridine rings is 1. The SMILES string of the molecule is C=CC.CCc1nc2c(C)cc(C)nc2n1-c1ccc(-c2cc(Cc3ccccc3)ccc2-c2nn[nH]n2)cc1.[HH]. The molecule has 0 saturated carbocycles. The molecule has 7 nitrogen and oxygen atoms in total. The second-order valence-corrected chi connectivity index (χ2v) is 9.70. The van der Waals surface area contributed by atoms with Gasteiger partial charge in [-0.1, -0.05) is 73.7 Å². The highest BCUT2D eigenvalue weighted by molar-refractivity contribution is 5.82. The molecule has 7 heteroatoms. The third kappa shape index (κ3) is 5.45. The number of tetrazole rings is 1. The number of nitrogens with one attached hydrogen (secondary N) is 1. The summed E-state index contributed by atoms with van der Waals surface area (Å²) in [6.07, 6.45) is 3.42. The monoisotopic (exact) mass is 529 g/mol. The summed E-state index contributed by atoms with van der Waals surface area (Å²) in [6.45, 7) is 11.5.